The predicted molar refractivity (Wildman–Crippen MR) is 92.2 cm³/mol. The van der Waals surface area contributed by atoms with E-state index in [4.69, 9.17) is 27.9 Å². The largest absolute Gasteiger partial charge is 0.451 e. The molecule has 8 heteroatoms. The third kappa shape index (κ3) is 6.76. The van der Waals surface area contributed by atoms with Crippen molar-refractivity contribution in [2.24, 2.45) is 5.92 Å². The highest BCUT2D eigenvalue weighted by atomic mass is 35.5. The van der Waals surface area contributed by atoms with E-state index in [1.54, 1.807) is 0 Å². The predicted octanol–water partition coefficient (Wildman–Crippen LogP) is 2.43. The van der Waals surface area contributed by atoms with Crippen molar-refractivity contribution in [1.82, 2.24) is 10.6 Å². The van der Waals surface area contributed by atoms with E-state index in [-0.39, 0.29) is 23.0 Å². The lowest BCUT2D eigenvalue weighted by Gasteiger charge is -2.15. The van der Waals surface area contributed by atoms with E-state index in [2.05, 4.69) is 10.6 Å². The van der Waals surface area contributed by atoms with Gasteiger partial charge in [0.25, 0.3) is 11.8 Å². The van der Waals surface area contributed by atoms with Gasteiger partial charge in [0.2, 0.25) is 0 Å². The van der Waals surface area contributed by atoms with Gasteiger partial charge in [0.05, 0.1) is 10.6 Å². The molecule has 1 aromatic carbocycles. The van der Waals surface area contributed by atoms with Crippen LogP contribution in [0.15, 0.2) is 18.2 Å². The highest BCUT2D eigenvalue weighted by molar-refractivity contribution is 6.36. The van der Waals surface area contributed by atoms with Crippen LogP contribution in [0, 0.1) is 5.92 Å². The van der Waals surface area contributed by atoms with Crippen molar-refractivity contribution in [3.05, 3.63) is 33.8 Å². The molecular formula is C16H20Cl2N2O4. The summed E-state index contributed by atoms with van der Waals surface area (Å²) in [7, 11) is 0. The van der Waals surface area contributed by atoms with Crippen LogP contribution in [0.4, 0.5) is 0 Å². The number of rotatable bonds is 7. The zero-order valence-electron chi connectivity index (χ0n) is 13.7. The highest BCUT2D eigenvalue weighted by Crippen LogP contribution is 2.20. The second-order valence-corrected chi connectivity index (χ2v) is 6.42. The number of amides is 2. The highest BCUT2D eigenvalue weighted by Gasteiger charge is 2.19. The molecular weight excluding hydrogens is 355 g/mol. The number of benzene rings is 1. The number of hydrogen-bond donors (Lipinski definition) is 2. The first kappa shape index (κ1) is 20.3. The van der Waals surface area contributed by atoms with Crippen molar-refractivity contribution in [3.8, 4) is 0 Å². The Morgan fingerprint density at radius 2 is 1.79 bits per heavy atom. The monoisotopic (exact) mass is 374 g/mol. The number of hydrogen-bond acceptors (Lipinski definition) is 4. The topological polar surface area (TPSA) is 84.5 Å². The maximum atomic E-state index is 12.0. The van der Waals surface area contributed by atoms with Gasteiger partial charge in [0.15, 0.2) is 6.10 Å². The van der Waals surface area contributed by atoms with Crippen LogP contribution < -0.4 is 10.6 Å². The first-order chi connectivity index (χ1) is 11.2. The molecule has 0 bridgehead atoms. The van der Waals surface area contributed by atoms with Gasteiger partial charge in [-0.3, -0.25) is 14.4 Å². The Morgan fingerprint density at radius 3 is 2.38 bits per heavy atom. The number of nitrogens with one attached hydrogen (secondary N) is 2. The van der Waals surface area contributed by atoms with Crippen LogP contribution in [0.25, 0.3) is 0 Å². The molecule has 0 fully saturated rings. The fraction of sp³-hybridized carbons (Fsp3) is 0.438. The molecule has 1 rings (SSSR count). The molecule has 0 spiro atoms. The van der Waals surface area contributed by atoms with E-state index in [0.717, 1.165) is 0 Å². The molecule has 0 heterocycles. The van der Waals surface area contributed by atoms with Crippen LogP contribution in [0.1, 0.15) is 31.1 Å². The molecule has 0 aromatic heterocycles. The SMILES string of the molecule is CC(C)CNC(=O)C(C)OC(=O)CNC(=O)c1ccc(Cl)cc1Cl. The van der Waals surface area contributed by atoms with Crippen LogP contribution in [0.3, 0.4) is 0 Å². The van der Waals surface area contributed by atoms with Crippen LogP contribution in [-0.4, -0.2) is 37.0 Å². The quantitative estimate of drug-likeness (QED) is 0.717. The second-order valence-electron chi connectivity index (χ2n) is 5.58. The van der Waals surface area contributed by atoms with Crippen LogP contribution in [-0.2, 0) is 14.3 Å². The van der Waals surface area contributed by atoms with Crippen molar-refractivity contribution >= 4 is 41.0 Å². The molecule has 1 aromatic rings. The summed E-state index contributed by atoms with van der Waals surface area (Å²) < 4.78 is 4.96. The smallest absolute Gasteiger partial charge is 0.326 e. The lowest BCUT2D eigenvalue weighted by atomic mass is 10.2. The molecule has 0 aliphatic heterocycles. The van der Waals surface area contributed by atoms with Gasteiger partial charge in [-0.2, -0.15) is 0 Å². The Bertz CT molecular complexity index is 620. The number of ether oxygens (including phenoxy) is 1. The lowest BCUT2D eigenvalue weighted by molar-refractivity contribution is -0.153. The van der Waals surface area contributed by atoms with Gasteiger partial charge in [-0.05, 0) is 31.0 Å². The minimum Gasteiger partial charge on any atom is -0.451 e. The fourth-order valence-corrected chi connectivity index (χ4v) is 2.16. The molecule has 0 aliphatic carbocycles. The zero-order chi connectivity index (χ0) is 18.3. The third-order valence-corrected chi connectivity index (χ3v) is 3.48. The van der Waals surface area contributed by atoms with Crippen molar-refractivity contribution < 1.29 is 19.1 Å². The van der Waals surface area contributed by atoms with Gasteiger partial charge in [0, 0.05) is 11.6 Å². The molecule has 0 radical (unpaired) electrons. The molecule has 0 saturated carbocycles. The summed E-state index contributed by atoms with van der Waals surface area (Å²) in [5, 5.41) is 5.61. The summed E-state index contributed by atoms with van der Waals surface area (Å²) in [6.45, 7) is 5.49. The van der Waals surface area contributed by atoms with E-state index < -0.39 is 18.0 Å². The maximum Gasteiger partial charge on any atom is 0.326 e. The summed E-state index contributed by atoms with van der Waals surface area (Å²) in [5.41, 5.74) is 0.191. The number of carbonyl (C=O) groups is 3. The van der Waals surface area contributed by atoms with Crippen LogP contribution >= 0.6 is 23.2 Å². The normalized spacial score (nSPS) is 11.8. The van der Waals surface area contributed by atoms with Crippen LogP contribution in [0.5, 0.6) is 0 Å². The lowest BCUT2D eigenvalue weighted by Crippen LogP contribution is -2.39. The summed E-state index contributed by atoms with van der Waals surface area (Å²) in [4.78, 5) is 35.4. The first-order valence-corrected chi connectivity index (χ1v) is 8.16. The van der Waals surface area contributed by atoms with E-state index in [0.29, 0.717) is 17.5 Å². The summed E-state index contributed by atoms with van der Waals surface area (Å²) in [6.07, 6.45) is -0.938. The molecule has 1 atom stereocenters. The van der Waals surface area contributed by atoms with Gasteiger partial charge >= 0.3 is 5.97 Å². The standard InChI is InChI=1S/C16H20Cl2N2O4/c1-9(2)7-19-15(22)10(3)24-14(21)8-20-16(23)12-5-4-11(17)6-13(12)18/h4-6,9-10H,7-8H2,1-3H3,(H,19,22)(H,20,23). The summed E-state index contributed by atoms with van der Waals surface area (Å²) in [6, 6.07) is 4.40. The van der Waals surface area contributed by atoms with E-state index in [1.165, 1.54) is 25.1 Å². The van der Waals surface area contributed by atoms with Gasteiger partial charge in [-0.25, -0.2) is 0 Å². The minimum atomic E-state index is -0.938. The van der Waals surface area contributed by atoms with Gasteiger partial charge in [-0.1, -0.05) is 37.0 Å². The van der Waals surface area contributed by atoms with E-state index in [9.17, 15) is 14.4 Å². The average molecular weight is 375 g/mol. The van der Waals surface area contributed by atoms with Crippen molar-refractivity contribution in [1.29, 1.82) is 0 Å². The summed E-state index contributed by atoms with van der Waals surface area (Å²) >= 11 is 11.7. The zero-order valence-corrected chi connectivity index (χ0v) is 15.2. The third-order valence-electron chi connectivity index (χ3n) is 2.93. The molecule has 132 valence electrons. The second kappa shape index (κ2) is 9.49. The Morgan fingerprint density at radius 1 is 1.12 bits per heavy atom. The Labute approximate surface area is 150 Å². The van der Waals surface area contributed by atoms with Crippen LogP contribution in [0.2, 0.25) is 10.0 Å². The van der Waals surface area contributed by atoms with Gasteiger partial charge in [-0.15, -0.1) is 0 Å². The fourth-order valence-electron chi connectivity index (χ4n) is 1.66. The maximum absolute atomic E-state index is 12.0. The number of carbonyl (C=O) groups excluding carboxylic acids is 3. The van der Waals surface area contributed by atoms with Crippen molar-refractivity contribution in [2.75, 3.05) is 13.1 Å². The Hall–Kier alpha value is -1.79. The molecule has 24 heavy (non-hydrogen) atoms. The molecule has 1 unspecified atom stereocenters. The average Bonchev–Trinajstić information content (AvgIpc) is 2.50. The minimum absolute atomic E-state index is 0.176. The molecule has 6 nitrogen and oxygen atoms in total. The Kier molecular flexibility index (Phi) is 8.01. The van der Waals surface area contributed by atoms with E-state index >= 15 is 0 Å². The molecule has 2 amide bonds. The number of halogens is 2. The Balaban J connectivity index is 2.45. The first-order valence-electron chi connectivity index (χ1n) is 7.41. The van der Waals surface area contributed by atoms with Gasteiger partial charge < -0.3 is 15.4 Å². The molecule has 0 aliphatic rings. The molecule has 0 saturated heterocycles. The molecule has 2 N–H and O–H groups in total. The number of esters is 1. The van der Waals surface area contributed by atoms with Crippen molar-refractivity contribution in [2.45, 2.75) is 26.9 Å². The summed E-state index contributed by atoms with van der Waals surface area (Å²) in [5.74, 6) is -1.35. The van der Waals surface area contributed by atoms with Crippen molar-refractivity contribution in [3.63, 3.8) is 0 Å². The van der Waals surface area contributed by atoms with Gasteiger partial charge in [0.1, 0.15) is 6.54 Å². The van der Waals surface area contributed by atoms with E-state index in [1.807, 2.05) is 13.8 Å².